The van der Waals surface area contributed by atoms with Crippen molar-refractivity contribution in [2.45, 2.75) is 83.8 Å². The molecule has 2 heteroatoms. The molecule has 0 aromatic heterocycles. The molecule has 18 heavy (non-hydrogen) atoms. The molecule has 108 valence electrons. The first-order valence-electron chi connectivity index (χ1n) is 7.97. The van der Waals surface area contributed by atoms with Crippen LogP contribution in [0, 0.1) is 5.92 Å². The Morgan fingerprint density at radius 1 is 1.17 bits per heavy atom. The third kappa shape index (κ3) is 4.24. The third-order valence-electron chi connectivity index (χ3n) is 4.55. The second kappa shape index (κ2) is 8.16. The Morgan fingerprint density at radius 3 is 2.33 bits per heavy atom. The monoisotopic (exact) mass is 255 g/mol. The molecule has 0 aromatic carbocycles. The van der Waals surface area contributed by atoms with E-state index < -0.39 is 0 Å². The summed E-state index contributed by atoms with van der Waals surface area (Å²) in [6, 6.07) is 0.548. The molecule has 1 rings (SSSR count). The summed E-state index contributed by atoms with van der Waals surface area (Å²) < 4.78 is 5.97. The number of rotatable bonds is 9. The SMILES string of the molecule is CCCNC(CC(C)CCC)C1(OC)CCCC1. The van der Waals surface area contributed by atoms with Gasteiger partial charge in [-0.1, -0.05) is 46.5 Å². The molecule has 1 fully saturated rings. The van der Waals surface area contributed by atoms with Gasteiger partial charge >= 0.3 is 0 Å². The maximum atomic E-state index is 5.97. The van der Waals surface area contributed by atoms with Crippen LogP contribution in [-0.2, 0) is 4.74 Å². The molecule has 1 saturated carbocycles. The fraction of sp³-hybridized carbons (Fsp3) is 1.00. The van der Waals surface area contributed by atoms with Crippen LogP contribution in [0.15, 0.2) is 0 Å². The zero-order valence-corrected chi connectivity index (χ0v) is 12.9. The van der Waals surface area contributed by atoms with E-state index >= 15 is 0 Å². The zero-order valence-electron chi connectivity index (χ0n) is 12.9. The molecule has 0 aliphatic heterocycles. The van der Waals surface area contributed by atoms with E-state index in [1.807, 2.05) is 7.11 Å². The Bertz CT molecular complexity index is 211. The highest BCUT2D eigenvalue weighted by atomic mass is 16.5. The first kappa shape index (κ1) is 16.0. The topological polar surface area (TPSA) is 21.3 Å². The van der Waals surface area contributed by atoms with Crippen LogP contribution < -0.4 is 5.32 Å². The Morgan fingerprint density at radius 2 is 1.83 bits per heavy atom. The molecule has 0 radical (unpaired) electrons. The third-order valence-corrected chi connectivity index (χ3v) is 4.55. The quantitative estimate of drug-likeness (QED) is 0.668. The number of methoxy groups -OCH3 is 1. The Hall–Kier alpha value is -0.0800. The minimum Gasteiger partial charge on any atom is -0.377 e. The van der Waals surface area contributed by atoms with Crippen molar-refractivity contribution in [3.63, 3.8) is 0 Å². The van der Waals surface area contributed by atoms with E-state index in [-0.39, 0.29) is 5.60 Å². The second-order valence-corrected chi connectivity index (χ2v) is 6.11. The molecule has 2 atom stereocenters. The molecular weight excluding hydrogens is 222 g/mol. The van der Waals surface area contributed by atoms with Crippen molar-refractivity contribution >= 4 is 0 Å². The van der Waals surface area contributed by atoms with Crippen LogP contribution in [0.3, 0.4) is 0 Å². The maximum absolute atomic E-state index is 5.97. The molecule has 0 bridgehead atoms. The number of hydrogen-bond acceptors (Lipinski definition) is 2. The summed E-state index contributed by atoms with van der Waals surface area (Å²) in [4.78, 5) is 0. The molecule has 0 amide bonds. The Labute approximate surface area is 114 Å². The summed E-state index contributed by atoms with van der Waals surface area (Å²) >= 11 is 0. The number of nitrogens with one attached hydrogen (secondary N) is 1. The average molecular weight is 255 g/mol. The second-order valence-electron chi connectivity index (χ2n) is 6.11. The summed E-state index contributed by atoms with van der Waals surface area (Å²) in [5.41, 5.74) is 0.122. The van der Waals surface area contributed by atoms with E-state index in [9.17, 15) is 0 Å². The predicted octanol–water partition coefficient (Wildman–Crippen LogP) is 4.14. The van der Waals surface area contributed by atoms with E-state index in [0.717, 1.165) is 12.5 Å². The van der Waals surface area contributed by atoms with Gasteiger partial charge < -0.3 is 10.1 Å². The molecule has 2 nitrogen and oxygen atoms in total. The van der Waals surface area contributed by atoms with E-state index in [1.54, 1.807) is 0 Å². The van der Waals surface area contributed by atoms with Gasteiger partial charge in [-0.25, -0.2) is 0 Å². The fourth-order valence-electron chi connectivity index (χ4n) is 3.48. The largest absolute Gasteiger partial charge is 0.377 e. The first-order valence-corrected chi connectivity index (χ1v) is 7.97. The van der Waals surface area contributed by atoms with Gasteiger partial charge in [-0.15, -0.1) is 0 Å². The minimum atomic E-state index is 0.122. The van der Waals surface area contributed by atoms with Gasteiger partial charge in [0.2, 0.25) is 0 Å². The maximum Gasteiger partial charge on any atom is 0.0831 e. The van der Waals surface area contributed by atoms with Crippen LogP contribution in [0.1, 0.15) is 72.1 Å². The molecule has 1 aliphatic carbocycles. The Balaban J connectivity index is 2.63. The van der Waals surface area contributed by atoms with Crippen molar-refractivity contribution in [3.8, 4) is 0 Å². The molecule has 1 N–H and O–H groups in total. The van der Waals surface area contributed by atoms with E-state index in [4.69, 9.17) is 4.74 Å². The van der Waals surface area contributed by atoms with Crippen LogP contribution in [0.5, 0.6) is 0 Å². The molecule has 2 unspecified atom stereocenters. The molecule has 0 aromatic rings. The highest BCUT2D eigenvalue weighted by Gasteiger charge is 2.41. The molecule has 0 spiro atoms. The highest BCUT2D eigenvalue weighted by Crippen LogP contribution is 2.38. The predicted molar refractivity (Wildman–Crippen MR) is 79.0 cm³/mol. The lowest BCUT2D eigenvalue weighted by Gasteiger charge is -2.38. The van der Waals surface area contributed by atoms with Crippen LogP contribution in [0.25, 0.3) is 0 Å². The first-order chi connectivity index (χ1) is 8.68. The van der Waals surface area contributed by atoms with Crippen molar-refractivity contribution in [1.29, 1.82) is 0 Å². The van der Waals surface area contributed by atoms with E-state index in [1.165, 1.54) is 51.4 Å². The van der Waals surface area contributed by atoms with Gasteiger partial charge in [0.15, 0.2) is 0 Å². The van der Waals surface area contributed by atoms with E-state index in [2.05, 4.69) is 26.1 Å². The lowest BCUT2D eigenvalue weighted by Crippen LogP contribution is -2.51. The van der Waals surface area contributed by atoms with Crippen molar-refractivity contribution in [2.75, 3.05) is 13.7 Å². The molecule has 1 aliphatic rings. The zero-order chi connectivity index (χ0) is 13.4. The van der Waals surface area contributed by atoms with Gasteiger partial charge in [-0.2, -0.15) is 0 Å². The molecule has 0 heterocycles. The highest BCUT2D eigenvalue weighted by molar-refractivity contribution is 4.97. The van der Waals surface area contributed by atoms with Gasteiger partial charge in [0.1, 0.15) is 0 Å². The summed E-state index contributed by atoms with van der Waals surface area (Å²) in [5.74, 6) is 0.803. The van der Waals surface area contributed by atoms with Gasteiger partial charge in [-0.3, -0.25) is 0 Å². The van der Waals surface area contributed by atoms with Gasteiger partial charge in [0.25, 0.3) is 0 Å². The number of hydrogen-bond donors (Lipinski definition) is 1. The normalized spacial score (nSPS) is 22.0. The molecule has 0 saturated heterocycles. The van der Waals surface area contributed by atoms with Gasteiger partial charge in [0, 0.05) is 13.2 Å². The van der Waals surface area contributed by atoms with Crippen molar-refractivity contribution in [1.82, 2.24) is 5.32 Å². The van der Waals surface area contributed by atoms with Crippen molar-refractivity contribution < 1.29 is 4.74 Å². The van der Waals surface area contributed by atoms with Crippen LogP contribution in [-0.4, -0.2) is 25.3 Å². The van der Waals surface area contributed by atoms with Crippen LogP contribution in [0.2, 0.25) is 0 Å². The smallest absolute Gasteiger partial charge is 0.0831 e. The summed E-state index contributed by atoms with van der Waals surface area (Å²) in [6.45, 7) is 8.04. The lowest BCUT2D eigenvalue weighted by molar-refractivity contribution is -0.0413. The fourth-order valence-corrected chi connectivity index (χ4v) is 3.48. The lowest BCUT2D eigenvalue weighted by atomic mass is 9.84. The standard InChI is InChI=1S/C16H33NO/c1-5-9-14(3)13-15(17-12-6-2)16(18-4)10-7-8-11-16/h14-15,17H,5-13H2,1-4H3. The Kier molecular flexibility index (Phi) is 7.25. The van der Waals surface area contributed by atoms with Crippen LogP contribution in [0.4, 0.5) is 0 Å². The van der Waals surface area contributed by atoms with Gasteiger partial charge in [-0.05, 0) is 38.1 Å². The summed E-state index contributed by atoms with van der Waals surface area (Å²) in [5, 5.41) is 3.77. The minimum absolute atomic E-state index is 0.122. The van der Waals surface area contributed by atoms with Crippen LogP contribution >= 0.6 is 0 Å². The van der Waals surface area contributed by atoms with E-state index in [0.29, 0.717) is 6.04 Å². The number of ether oxygens (including phenoxy) is 1. The summed E-state index contributed by atoms with van der Waals surface area (Å²) in [7, 11) is 1.91. The average Bonchev–Trinajstić information content (AvgIpc) is 2.84. The summed E-state index contributed by atoms with van der Waals surface area (Å²) in [6.07, 6.45) is 10.2. The van der Waals surface area contributed by atoms with Crippen molar-refractivity contribution in [2.24, 2.45) is 5.92 Å². The molecular formula is C16H33NO. The van der Waals surface area contributed by atoms with Gasteiger partial charge in [0.05, 0.1) is 5.60 Å². The van der Waals surface area contributed by atoms with Crippen molar-refractivity contribution in [3.05, 3.63) is 0 Å².